The molecule has 0 saturated carbocycles. The van der Waals surface area contributed by atoms with E-state index in [0.29, 0.717) is 5.57 Å². The lowest BCUT2D eigenvalue weighted by Gasteiger charge is -2.14. The van der Waals surface area contributed by atoms with Crippen LogP contribution < -0.4 is 10.1 Å². The first-order valence-electron chi connectivity index (χ1n) is 8.87. The van der Waals surface area contributed by atoms with Gasteiger partial charge in [0.1, 0.15) is 5.75 Å². The first-order chi connectivity index (χ1) is 13.1. The smallest absolute Gasteiger partial charge is 0.256 e. The van der Waals surface area contributed by atoms with Gasteiger partial charge in [0.15, 0.2) is 0 Å². The molecule has 0 atom stereocenters. The van der Waals surface area contributed by atoms with E-state index in [4.69, 9.17) is 4.74 Å². The van der Waals surface area contributed by atoms with E-state index in [1.54, 1.807) is 7.11 Å². The minimum absolute atomic E-state index is 0.130. The fourth-order valence-corrected chi connectivity index (χ4v) is 2.96. The Kier molecular flexibility index (Phi) is 5.72. The van der Waals surface area contributed by atoms with E-state index >= 15 is 0 Å². The van der Waals surface area contributed by atoms with E-state index in [-0.39, 0.29) is 5.91 Å². The molecule has 3 nitrogen and oxygen atoms in total. The van der Waals surface area contributed by atoms with Crippen LogP contribution in [0.1, 0.15) is 22.3 Å². The fraction of sp³-hybridized carbons (Fsp3) is 0.125. The Balaban J connectivity index is 1.99. The summed E-state index contributed by atoms with van der Waals surface area (Å²) in [5.41, 5.74) is 5.37. The van der Waals surface area contributed by atoms with Gasteiger partial charge >= 0.3 is 0 Å². The number of amides is 1. The van der Waals surface area contributed by atoms with Crippen LogP contribution >= 0.6 is 0 Å². The molecule has 0 heterocycles. The van der Waals surface area contributed by atoms with Crippen molar-refractivity contribution in [2.24, 2.45) is 0 Å². The van der Waals surface area contributed by atoms with Crippen LogP contribution in [0.4, 0.5) is 5.69 Å². The van der Waals surface area contributed by atoms with Crippen molar-refractivity contribution in [1.82, 2.24) is 0 Å². The monoisotopic (exact) mass is 357 g/mol. The standard InChI is InChI=1S/C24H23NO2/c1-17-8-7-9-18(2)23(17)25-24(26)22(20-10-5-4-6-11-20)16-19-12-14-21(27-3)15-13-19/h4-16H,1-3H3,(H,25,26). The first kappa shape index (κ1) is 18.5. The lowest BCUT2D eigenvalue weighted by Crippen LogP contribution is -2.15. The van der Waals surface area contributed by atoms with Gasteiger partial charge in [-0.25, -0.2) is 0 Å². The van der Waals surface area contributed by atoms with E-state index < -0.39 is 0 Å². The predicted molar refractivity (Wildman–Crippen MR) is 112 cm³/mol. The molecule has 0 fully saturated rings. The number of methoxy groups -OCH3 is 1. The van der Waals surface area contributed by atoms with E-state index in [9.17, 15) is 4.79 Å². The molecule has 0 spiro atoms. The number of ether oxygens (including phenoxy) is 1. The molecule has 3 aromatic carbocycles. The van der Waals surface area contributed by atoms with Gasteiger partial charge in [-0.1, -0.05) is 60.7 Å². The maximum Gasteiger partial charge on any atom is 0.256 e. The van der Waals surface area contributed by atoms with Crippen molar-refractivity contribution in [3.63, 3.8) is 0 Å². The second-order valence-corrected chi connectivity index (χ2v) is 6.42. The normalized spacial score (nSPS) is 11.1. The summed E-state index contributed by atoms with van der Waals surface area (Å²) in [5.74, 6) is 0.655. The Morgan fingerprint density at radius 2 is 1.48 bits per heavy atom. The van der Waals surface area contributed by atoms with Crippen LogP contribution in [0.2, 0.25) is 0 Å². The Morgan fingerprint density at radius 3 is 2.07 bits per heavy atom. The first-order valence-corrected chi connectivity index (χ1v) is 8.87. The minimum Gasteiger partial charge on any atom is -0.497 e. The molecule has 136 valence electrons. The molecule has 0 radical (unpaired) electrons. The van der Waals surface area contributed by atoms with E-state index in [1.807, 2.05) is 92.7 Å². The molecule has 0 aliphatic carbocycles. The second-order valence-electron chi connectivity index (χ2n) is 6.42. The molecule has 27 heavy (non-hydrogen) atoms. The Hall–Kier alpha value is -3.33. The van der Waals surface area contributed by atoms with Crippen molar-refractivity contribution >= 4 is 23.2 Å². The molecule has 0 aliphatic heterocycles. The summed E-state index contributed by atoms with van der Waals surface area (Å²) < 4.78 is 5.21. The molecule has 3 aromatic rings. The summed E-state index contributed by atoms with van der Waals surface area (Å²) in [4.78, 5) is 13.1. The molecule has 1 amide bonds. The molecular formula is C24H23NO2. The van der Waals surface area contributed by atoms with Crippen LogP contribution in [0, 0.1) is 13.8 Å². The number of aryl methyl sites for hydroxylation is 2. The second kappa shape index (κ2) is 8.37. The summed E-state index contributed by atoms with van der Waals surface area (Å²) in [6.45, 7) is 4.00. The number of para-hydroxylation sites is 1. The van der Waals surface area contributed by atoms with Crippen LogP contribution in [0.15, 0.2) is 72.8 Å². The quantitative estimate of drug-likeness (QED) is 0.484. The van der Waals surface area contributed by atoms with Crippen molar-refractivity contribution in [3.8, 4) is 5.75 Å². The molecule has 0 unspecified atom stereocenters. The number of carbonyl (C=O) groups is 1. The fourth-order valence-electron chi connectivity index (χ4n) is 2.96. The van der Waals surface area contributed by atoms with Gasteiger partial charge in [-0.2, -0.15) is 0 Å². The molecular weight excluding hydrogens is 334 g/mol. The topological polar surface area (TPSA) is 38.3 Å². The predicted octanol–water partition coefficient (Wildman–Crippen LogP) is 5.49. The molecule has 0 bridgehead atoms. The highest BCUT2D eigenvalue weighted by atomic mass is 16.5. The molecule has 1 N–H and O–H groups in total. The zero-order chi connectivity index (χ0) is 19.2. The van der Waals surface area contributed by atoms with Crippen molar-refractivity contribution in [2.75, 3.05) is 12.4 Å². The number of anilines is 1. The van der Waals surface area contributed by atoms with Crippen molar-refractivity contribution in [2.45, 2.75) is 13.8 Å². The van der Waals surface area contributed by atoms with Crippen LogP contribution in [-0.4, -0.2) is 13.0 Å². The highest BCUT2D eigenvalue weighted by Crippen LogP contribution is 2.25. The number of hydrogen-bond donors (Lipinski definition) is 1. The summed E-state index contributed by atoms with van der Waals surface area (Å²) in [5, 5.41) is 3.09. The molecule has 0 aliphatic rings. The largest absolute Gasteiger partial charge is 0.497 e. The maximum absolute atomic E-state index is 13.1. The maximum atomic E-state index is 13.1. The van der Waals surface area contributed by atoms with E-state index in [2.05, 4.69) is 5.32 Å². The Bertz CT molecular complexity index is 937. The van der Waals surface area contributed by atoms with Gasteiger partial charge in [-0.3, -0.25) is 4.79 Å². The Morgan fingerprint density at radius 1 is 0.852 bits per heavy atom. The molecule has 3 rings (SSSR count). The zero-order valence-electron chi connectivity index (χ0n) is 15.8. The van der Waals surface area contributed by atoms with Crippen LogP contribution in [0.5, 0.6) is 5.75 Å². The zero-order valence-corrected chi connectivity index (χ0v) is 15.8. The number of nitrogens with one attached hydrogen (secondary N) is 1. The average Bonchev–Trinajstić information content (AvgIpc) is 2.70. The van der Waals surface area contributed by atoms with E-state index in [1.165, 1.54) is 0 Å². The van der Waals surface area contributed by atoms with Gasteiger partial charge in [0.05, 0.1) is 7.11 Å². The summed E-state index contributed by atoms with van der Waals surface area (Å²) >= 11 is 0. The van der Waals surface area contributed by atoms with Crippen molar-refractivity contribution < 1.29 is 9.53 Å². The molecule has 3 heteroatoms. The lowest BCUT2D eigenvalue weighted by atomic mass is 10.0. The van der Waals surface area contributed by atoms with Crippen molar-refractivity contribution in [1.29, 1.82) is 0 Å². The van der Waals surface area contributed by atoms with Crippen LogP contribution in [0.3, 0.4) is 0 Å². The number of hydrogen-bond acceptors (Lipinski definition) is 2. The minimum atomic E-state index is -0.130. The average molecular weight is 357 g/mol. The molecule has 0 aromatic heterocycles. The third-order valence-electron chi connectivity index (χ3n) is 4.48. The SMILES string of the molecule is COc1ccc(C=C(C(=O)Nc2c(C)cccc2C)c2ccccc2)cc1. The van der Waals surface area contributed by atoms with Crippen molar-refractivity contribution in [3.05, 3.63) is 95.1 Å². The Labute approximate surface area is 160 Å². The van der Waals surface area contributed by atoms with Gasteiger partial charge in [-0.15, -0.1) is 0 Å². The number of benzene rings is 3. The highest BCUT2D eigenvalue weighted by Gasteiger charge is 2.14. The summed E-state index contributed by atoms with van der Waals surface area (Å²) in [6.07, 6.45) is 1.90. The van der Waals surface area contributed by atoms with E-state index in [0.717, 1.165) is 33.7 Å². The summed E-state index contributed by atoms with van der Waals surface area (Å²) in [7, 11) is 1.64. The molecule has 0 saturated heterocycles. The number of rotatable bonds is 5. The third-order valence-corrected chi connectivity index (χ3v) is 4.48. The van der Waals surface area contributed by atoms with Gasteiger partial charge in [-0.05, 0) is 54.3 Å². The lowest BCUT2D eigenvalue weighted by molar-refractivity contribution is -0.111. The van der Waals surface area contributed by atoms with Gasteiger partial charge in [0, 0.05) is 11.3 Å². The van der Waals surface area contributed by atoms with Gasteiger partial charge in [0.2, 0.25) is 0 Å². The van der Waals surface area contributed by atoms with Crippen LogP contribution in [0.25, 0.3) is 11.6 Å². The third kappa shape index (κ3) is 4.45. The van der Waals surface area contributed by atoms with Crippen LogP contribution in [-0.2, 0) is 4.79 Å². The summed E-state index contributed by atoms with van der Waals surface area (Å²) in [6, 6.07) is 23.3. The van der Waals surface area contributed by atoms with Gasteiger partial charge in [0.25, 0.3) is 5.91 Å². The highest BCUT2D eigenvalue weighted by molar-refractivity contribution is 6.29. The van der Waals surface area contributed by atoms with Gasteiger partial charge < -0.3 is 10.1 Å². The number of carbonyl (C=O) groups excluding carboxylic acids is 1.